The Morgan fingerprint density at radius 2 is 1.79 bits per heavy atom. The molecule has 1 aromatic carbocycles. The van der Waals surface area contributed by atoms with Crippen LogP contribution in [0.2, 0.25) is 0 Å². The standard InChI is InChI=1S/C28H34N6O4S/c1-18-5-6-19(2)34(18)16-20-7-8-23(22(15-20)26(36)37-3)31-25(35)24-17-39-28(32-24)33-13-9-21(10-14-33)38-27-29-11-4-12-30-27/h4,7-8,11-12,15,17-19,21H,5-6,9-10,13-14,16H2,1-3H3,(H,31,35). The van der Waals surface area contributed by atoms with Crippen molar-refractivity contribution >= 4 is 34.0 Å². The normalized spacial score (nSPS) is 20.1. The Kier molecular flexibility index (Phi) is 8.37. The Morgan fingerprint density at radius 3 is 2.49 bits per heavy atom. The predicted octanol–water partition coefficient (Wildman–Crippen LogP) is 4.39. The molecule has 1 amide bonds. The summed E-state index contributed by atoms with van der Waals surface area (Å²) < 4.78 is 10.9. The van der Waals surface area contributed by atoms with Crippen LogP contribution in [0, 0.1) is 0 Å². The van der Waals surface area contributed by atoms with Gasteiger partial charge in [0.25, 0.3) is 5.91 Å². The zero-order chi connectivity index (χ0) is 27.4. The molecule has 0 bridgehead atoms. The molecule has 2 saturated heterocycles. The Balaban J connectivity index is 1.22. The Morgan fingerprint density at radius 1 is 1.08 bits per heavy atom. The molecule has 3 aromatic rings. The largest absolute Gasteiger partial charge is 0.465 e. The summed E-state index contributed by atoms with van der Waals surface area (Å²) >= 11 is 1.43. The molecule has 2 fully saturated rings. The summed E-state index contributed by atoms with van der Waals surface area (Å²) in [5.74, 6) is -0.851. The fourth-order valence-electron chi connectivity index (χ4n) is 5.21. The van der Waals surface area contributed by atoms with Gasteiger partial charge in [-0.2, -0.15) is 0 Å². The predicted molar refractivity (Wildman–Crippen MR) is 149 cm³/mol. The molecule has 2 unspecified atom stereocenters. The van der Waals surface area contributed by atoms with E-state index >= 15 is 0 Å². The SMILES string of the molecule is COC(=O)c1cc(CN2C(C)CCC2C)ccc1NC(=O)c1csc(N2CCC(Oc3ncccn3)CC2)n1. The first-order chi connectivity index (χ1) is 18.9. The van der Waals surface area contributed by atoms with E-state index in [9.17, 15) is 9.59 Å². The number of rotatable bonds is 8. The number of amides is 1. The van der Waals surface area contributed by atoms with Gasteiger partial charge in [0.15, 0.2) is 5.13 Å². The quantitative estimate of drug-likeness (QED) is 0.408. The molecule has 4 heterocycles. The van der Waals surface area contributed by atoms with Gasteiger partial charge < -0.3 is 19.7 Å². The highest BCUT2D eigenvalue weighted by atomic mass is 32.1. The first kappa shape index (κ1) is 27.0. The second kappa shape index (κ2) is 12.1. The Hall–Kier alpha value is -3.57. The lowest BCUT2D eigenvalue weighted by molar-refractivity contribution is 0.0601. The molecule has 0 spiro atoms. The van der Waals surface area contributed by atoms with Crippen LogP contribution in [0.1, 0.15) is 65.9 Å². The molecule has 11 heteroatoms. The second-order valence-electron chi connectivity index (χ2n) is 10.1. The number of nitrogens with zero attached hydrogens (tertiary/aromatic N) is 5. The molecule has 2 aromatic heterocycles. The maximum Gasteiger partial charge on any atom is 0.339 e. The van der Waals surface area contributed by atoms with Crippen molar-refractivity contribution in [3.05, 3.63) is 58.9 Å². The van der Waals surface area contributed by atoms with Crippen molar-refractivity contribution in [3.8, 4) is 6.01 Å². The van der Waals surface area contributed by atoms with E-state index in [-0.39, 0.29) is 12.0 Å². The number of nitrogens with one attached hydrogen (secondary N) is 1. The molecule has 0 radical (unpaired) electrons. The lowest BCUT2D eigenvalue weighted by Crippen LogP contribution is -2.38. The fourth-order valence-corrected chi connectivity index (χ4v) is 6.07. The van der Waals surface area contributed by atoms with Crippen LogP contribution < -0.4 is 15.0 Å². The fraction of sp³-hybridized carbons (Fsp3) is 0.464. The van der Waals surface area contributed by atoms with Crippen LogP contribution in [0.4, 0.5) is 10.8 Å². The molecule has 2 atom stereocenters. The monoisotopic (exact) mass is 550 g/mol. The number of carbonyl (C=O) groups is 2. The van der Waals surface area contributed by atoms with Gasteiger partial charge in [-0.25, -0.2) is 19.7 Å². The highest BCUT2D eigenvalue weighted by Gasteiger charge is 2.28. The summed E-state index contributed by atoms with van der Waals surface area (Å²) in [7, 11) is 1.35. The summed E-state index contributed by atoms with van der Waals surface area (Å²) in [4.78, 5) is 43.1. The molecule has 5 rings (SSSR count). The van der Waals surface area contributed by atoms with Gasteiger partial charge in [0.05, 0.1) is 18.4 Å². The lowest BCUT2D eigenvalue weighted by atomic mass is 10.1. The van der Waals surface area contributed by atoms with Crippen LogP contribution in [-0.2, 0) is 11.3 Å². The van der Waals surface area contributed by atoms with E-state index in [1.54, 1.807) is 29.9 Å². The third kappa shape index (κ3) is 6.36. The first-order valence-electron chi connectivity index (χ1n) is 13.3. The zero-order valence-electron chi connectivity index (χ0n) is 22.5. The maximum atomic E-state index is 13.1. The van der Waals surface area contributed by atoms with Crippen molar-refractivity contribution in [2.75, 3.05) is 30.4 Å². The molecule has 1 N–H and O–H groups in total. The summed E-state index contributed by atoms with van der Waals surface area (Å²) in [6, 6.07) is 8.69. The van der Waals surface area contributed by atoms with Gasteiger partial charge in [0.2, 0.25) is 0 Å². The van der Waals surface area contributed by atoms with Crippen molar-refractivity contribution in [1.29, 1.82) is 0 Å². The van der Waals surface area contributed by atoms with E-state index in [1.807, 2.05) is 12.1 Å². The average molecular weight is 551 g/mol. The number of ether oxygens (including phenoxy) is 2. The number of esters is 1. The maximum absolute atomic E-state index is 13.1. The molecular weight excluding hydrogens is 516 g/mol. The Labute approximate surface area is 232 Å². The minimum Gasteiger partial charge on any atom is -0.465 e. The van der Waals surface area contributed by atoms with Gasteiger partial charge in [-0.05, 0) is 50.5 Å². The smallest absolute Gasteiger partial charge is 0.339 e. The summed E-state index contributed by atoms with van der Waals surface area (Å²) in [5.41, 5.74) is 2.07. The van der Waals surface area contributed by atoms with Gasteiger partial charge in [0.1, 0.15) is 11.8 Å². The number of thiazole rings is 1. The van der Waals surface area contributed by atoms with Crippen LogP contribution >= 0.6 is 11.3 Å². The minimum atomic E-state index is -0.486. The minimum absolute atomic E-state index is 0.0444. The summed E-state index contributed by atoms with van der Waals surface area (Å²) in [5, 5.41) is 5.40. The third-order valence-corrected chi connectivity index (χ3v) is 8.39. The van der Waals surface area contributed by atoms with Crippen molar-refractivity contribution in [1.82, 2.24) is 19.9 Å². The second-order valence-corrected chi connectivity index (χ2v) is 11.0. The third-order valence-electron chi connectivity index (χ3n) is 7.49. The number of carbonyl (C=O) groups excluding carboxylic acids is 2. The summed E-state index contributed by atoms with van der Waals surface area (Å²) in [6.45, 7) is 6.73. The van der Waals surface area contributed by atoms with Gasteiger partial charge >= 0.3 is 12.0 Å². The molecule has 2 aliphatic heterocycles. The highest BCUT2D eigenvalue weighted by Crippen LogP contribution is 2.29. The van der Waals surface area contributed by atoms with Crippen LogP contribution in [0.5, 0.6) is 6.01 Å². The number of hydrogen-bond acceptors (Lipinski definition) is 10. The topological polar surface area (TPSA) is 110 Å². The molecular formula is C28H34N6O4S. The molecule has 2 aliphatic rings. The van der Waals surface area contributed by atoms with Gasteiger partial charge in [-0.3, -0.25) is 9.69 Å². The average Bonchev–Trinajstić information content (AvgIpc) is 3.57. The zero-order valence-corrected chi connectivity index (χ0v) is 23.3. The van der Waals surface area contributed by atoms with E-state index in [2.05, 4.69) is 43.9 Å². The van der Waals surface area contributed by atoms with Gasteiger partial charge in [0, 0.05) is 62.3 Å². The van der Waals surface area contributed by atoms with E-state index in [1.165, 1.54) is 31.3 Å². The lowest BCUT2D eigenvalue weighted by Gasteiger charge is -2.31. The van der Waals surface area contributed by atoms with E-state index < -0.39 is 5.97 Å². The Bertz CT molecular complexity index is 1280. The number of benzene rings is 1. The van der Waals surface area contributed by atoms with Crippen molar-refractivity contribution in [2.45, 2.75) is 64.3 Å². The van der Waals surface area contributed by atoms with Gasteiger partial charge in [-0.15, -0.1) is 11.3 Å². The molecule has 206 valence electrons. The van der Waals surface area contributed by atoms with E-state index in [0.29, 0.717) is 35.0 Å². The van der Waals surface area contributed by atoms with Crippen molar-refractivity contribution in [2.24, 2.45) is 0 Å². The number of aromatic nitrogens is 3. The van der Waals surface area contributed by atoms with Crippen LogP contribution in [0.3, 0.4) is 0 Å². The number of likely N-dealkylation sites (tertiary alicyclic amines) is 1. The molecule has 39 heavy (non-hydrogen) atoms. The van der Waals surface area contributed by atoms with Crippen LogP contribution in [-0.4, -0.2) is 70.1 Å². The number of methoxy groups -OCH3 is 1. The number of piperidine rings is 1. The van der Waals surface area contributed by atoms with E-state index in [4.69, 9.17) is 9.47 Å². The number of anilines is 2. The van der Waals surface area contributed by atoms with Crippen molar-refractivity contribution < 1.29 is 19.1 Å². The number of hydrogen-bond donors (Lipinski definition) is 1. The molecule has 0 saturated carbocycles. The van der Waals surface area contributed by atoms with Gasteiger partial charge in [-0.1, -0.05) is 6.07 Å². The van der Waals surface area contributed by atoms with Crippen LogP contribution in [0.15, 0.2) is 42.0 Å². The highest BCUT2D eigenvalue weighted by molar-refractivity contribution is 7.14. The molecule has 0 aliphatic carbocycles. The first-order valence-corrected chi connectivity index (χ1v) is 14.2. The summed E-state index contributed by atoms with van der Waals surface area (Å²) in [6.07, 6.45) is 7.33. The van der Waals surface area contributed by atoms with Crippen LogP contribution in [0.25, 0.3) is 0 Å². The molecule has 10 nitrogen and oxygen atoms in total. The van der Waals surface area contributed by atoms with Crippen molar-refractivity contribution in [3.63, 3.8) is 0 Å². The van der Waals surface area contributed by atoms with E-state index in [0.717, 1.165) is 43.2 Å².